The summed E-state index contributed by atoms with van der Waals surface area (Å²) in [5, 5.41) is 7.65. The molecule has 5 aromatic carbocycles. The number of ether oxygens (including phenoxy) is 1. The fourth-order valence-corrected chi connectivity index (χ4v) is 7.56. The van der Waals surface area contributed by atoms with Crippen molar-refractivity contribution in [2.75, 3.05) is 6.54 Å². The van der Waals surface area contributed by atoms with Crippen LogP contribution >= 0.6 is 11.6 Å². The summed E-state index contributed by atoms with van der Waals surface area (Å²) in [6.07, 6.45) is -0.721. The van der Waals surface area contributed by atoms with Gasteiger partial charge in [-0.3, -0.25) is 24.6 Å². The molecule has 5 rings (SSSR count). The Balaban J connectivity index is 1.54. The lowest BCUT2D eigenvalue weighted by molar-refractivity contribution is -0.184. The van der Waals surface area contributed by atoms with Gasteiger partial charge in [-0.2, -0.15) is 5.06 Å². The molecule has 0 aliphatic rings. The van der Waals surface area contributed by atoms with Crippen molar-refractivity contribution >= 4 is 47.3 Å². The molecule has 0 bridgehead atoms. The second-order valence-corrected chi connectivity index (χ2v) is 17.7. The van der Waals surface area contributed by atoms with E-state index in [-0.39, 0.29) is 50.4 Å². The van der Waals surface area contributed by atoms with Gasteiger partial charge >= 0.3 is 12.1 Å². The Morgan fingerprint density at radius 3 is 1.73 bits per heavy atom. The molecule has 0 unspecified atom stereocenters. The number of hydrogen-bond acceptors (Lipinski definition) is 9. The molecule has 0 saturated carbocycles. The summed E-state index contributed by atoms with van der Waals surface area (Å²) < 4.78 is 33.9. The van der Waals surface area contributed by atoms with E-state index < -0.39 is 83.2 Å². The Labute approximate surface area is 411 Å². The van der Waals surface area contributed by atoms with Gasteiger partial charge in [0.05, 0.1) is 11.6 Å². The third kappa shape index (κ3) is 16.5. The Morgan fingerprint density at radius 1 is 0.643 bits per heavy atom. The van der Waals surface area contributed by atoms with Crippen molar-refractivity contribution in [1.29, 1.82) is 0 Å². The number of alkyl halides is 1. The molecule has 0 spiro atoms. The molecule has 14 nitrogen and oxygen atoms in total. The molecule has 70 heavy (non-hydrogen) atoms. The van der Waals surface area contributed by atoms with Gasteiger partial charge in [-0.1, -0.05) is 125 Å². The highest BCUT2D eigenvalue weighted by Crippen LogP contribution is 2.21. The van der Waals surface area contributed by atoms with Crippen LogP contribution in [0.5, 0.6) is 0 Å². The second-order valence-electron chi connectivity index (χ2n) is 17.5. The van der Waals surface area contributed by atoms with Crippen LogP contribution < -0.4 is 21.8 Å². The molecule has 17 heteroatoms. The normalized spacial score (nSPS) is 12.9. The van der Waals surface area contributed by atoms with E-state index in [4.69, 9.17) is 26.9 Å². The number of hydrazine groups is 1. The summed E-state index contributed by atoms with van der Waals surface area (Å²) in [5.74, 6) is -7.45. The smallest absolute Gasteiger partial charge is 0.408 e. The van der Waals surface area contributed by atoms with E-state index in [9.17, 15) is 32.8 Å². The first-order valence-corrected chi connectivity index (χ1v) is 23.4. The van der Waals surface area contributed by atoms with Crippen LogP contribution in [0.2, 0.25) is 0 Å². The summed E-state index contributed by atoms with van der Waals surface area (Å²) in [7, 11) is 0. The van der Waals surface area contributed by atoms with Crippen LogP contribution in [0.25, 0.3) is 0 Å². The third-order valence-electron chi connectivity index (χ3n) is 11.3. The van der Waals surface area contributed by atoms with Gasteiger partial charge in [0.25, 0.3) is 11.8 Å². The highest BCUT2D eigenvalue weighted by atomic mass is 35.5. The van der Waals surface area contributed by atoms with Crippen molar-refractivity contribution in [3.05, 3.63) is 178 Å². The zero-order chi connectivity index (χ0) is 50.7. The predicted molar refractivity (Wildman–Crippen MR) is 260 cm³/mol. The van der Waals surface area contributed by atoms with Crippen LogP contribution in [-0.2, 0) is 60.6 Å². The summed E-state index contributed by atoms with van der Waals surface area (Å²) in [6.45, 7) is 6.26. The molecule has 0 saturated heterocycles. The number of aryl methyl sites for hydroxylation is 1. The molecular weight excluding hydrogens is 922 g/mol. The minimum atomic E-state index is -1.34. The molecule has 5 aromatic rings. The molecule has 4 atom stereocenters. The summed E-state index contributed by atoms with van der Waals surface area (Å²) >= 11 is 6.02. The van der Waals surface area contributed by atoms with Gasteiger partial charge in [0.2, 0.25) is 11.8 Å². The third-order valence-corrected chi connectivity index (χ3v) is 11.7. The first-order chi connectivity index (χ1) is 33.5. The van der Waals surface area contributed by atoms with Gasteiger partial charge in [0.15, 0.2) is 0 Å². The lowest BCUT2D eigenvalue weighted by atomic mass is 9.96. The maximum atomic E-state index is 15.1. The second kappa shape index (κ2) is 26.5. The zero-order valence-electron chi connectivity index (χ0n) is 39.5. The molecule has 370 valence electrons. The lowest BCUT2D eigenvalue weighted by Crippen LogP contribution is -2.60. The number of halogens is 3. The van der Waals surface area contributed by atoms with Crippen molar-refractivity contribution in [3.8, 4) is 0 Å². The van der Waals surface area contributed by atoms with Crippen LogP contribution in [0.1, 0.15) is 72.3 Å². The molecule has 0 aromatic heterocycles. The Hall–Kier alpha value is -7.17. The lowest BCUT2D eigenvalue weighted by Gasteiger charge is -2.37. The molecule has 0 aliphatic heterocycles. The average molecular weight is 982 g/mol. The van der Waals surface area contributed by atoms with E-state index in [1.54, 1.807) is 107 Å². The Bertz CT molecular complexity index is 2500. The number of hydroxylamine groups is 2. The van der Waals surface area contributed by atoms with E-state index >= 15 is 4.79 Å². The van der Waals surface area contributed by atoms with Crippen LogP contribution in [-0.4, -0.2) is 70.4 Å². The summed E-state index contributed by atoms with van der Waals surface area (Å²) in [6, 6.07) is 31.4. The number of benzene rings is 5. The molecule has 0 fully saturated rings. The molecule has 5 amide bonds. The average Bonchev–Trinajstić information content (AvgIpc) is 3.35. The SMILES string of the molecule is CC(C)[C@H](NC(=O)[C@H](Cc1ccccc1)C(N)=O)C(=O)NN(Cc1ccc(F)cc1)C[C@H](CCc1ccc(F)cc1)N(OC(=O)c1ccc(CCl)cc1)C(=O)[C@@H](NC(=O)OCc1ccccc1)C(C)C. The maximum absolute atomic E-state index is 15.1. The van der Waals surface area contributed by atoms with Gasteiger partial charge in [0.1, 0.15) is 36.2 Å². The number of nitrogens with one attached hydrogen (secondary N) is 3. The van der Waals surface area contributed by atoms with Crippen molar-refractivity contribution < 1.29 is 47.1 Å². The monoisotopic (exact) mass is 980 g/mol. The number of carbonyl (C=O) groups is 6. The summed E-state index contributed by atoms with van der Waals surface area (Å²) in [5.41, 5.74) is 11.9. The fraction of sp³-hybridized carbons (Fsp3) is 0.321. The minimum absolute atomic E-state index is 0.0166. The molecule has 0 aliphatic carbocycles. The van der Waals surface area contributed by atoms with E-state index in [1.807, 2.05) is 6.07 Å². The first kappa shape index (κ1) is 53.8. The molecular formula is C53H59ClF2N6O8. The number of carbonyl (C=O) groups excluding carboxylic acids is 6. The van der Waals surface area contributed by atoms with Crippen molar-refractivity contribution in [3.63, 3.8) is 0 Å². The first-order valence-electron chi connectivity index (χ1n) is 22.9. The van der Waals surface area contributed by atoms with Gasteiger partial charge < -0.3 is 25.9 Å². The van der Waals surface area contributed by atoms with E-state index in [0.29, 0.717) is 27.8 Å². The highest BCUT2D eigenvalue weighted by Gasteiger charge is 2.38. The van der Waals surface area contributed by atoms with E-state index in [2.05, 4.69) is 16.1 Å². The summed E-state index contributed by atoms with van der Waals surface area (Å²) in [4.78, 5) is 89.6. The quantitative estimate of drug-likeness (QED) is 0.0291. The number of alkyl carbamates (subject to hydrolysis) is 1. The molecule has 5 N–H and O–H groups in total. The van der Waals surface area contributed by atoms with Gasteiger partial charge in [0, 0.05) is 19.0 Å². The topological polar surface area (TPSA) is 189 Å². The number of hydrogen-bond donors (Lipinski definition) is 4. The Morgan fingerprint density at radius 2 is 1.19 bits per heavy atom. The van der Waals surface area contributed by atoms with Crippen LogP contribution in [0, 0.1) is 29.4 Å². The van der Waals surface area contributed by atoms with Gasteiger partial charge in [-0.05, 0) is 95.3 Å². The minimum Gasteiger partial charge on any atom is -0.445 e. The number of amides is 5. The maximum Gasteiger partial charge on any atom is 0.408 e. The van der Waals surface area contributed by atoms with E-state index in [0.717, 1.165) is 5.06 Å². The van der Waals surface area contributed by atoms with E-state index in [1.165, 1.54) is 53.5 Å². The van der Waals surface area contributed by atoms with Gasteiger partial charge in [-0.15, -0.1) is 11.6 Å². The van der Waals surface area contributed by atoms with Crippen LogP contribution in [0.3, 0.4) is 0 Å². The highest BCUT2D eigenvalue weighted by molar-refractivity contribution is 6.17. The largest absolute Gasteiger partial charge is 0.445 e. The number of rotatable bonds is 23. The van der Waals surface area contributed by atoms with Crippen molar-refractivity contribution in [2.45, 2.75) is 84.1 Å². The molecule has 0 heterocycles. The van der Waals surface area contributed by atoms with Gasteiger partial charge in [-0.25, -0.2) is 23.4 Å². The molecule has 0 radical (unpaired) electrons. The van der Waals surface area contributed by atoms with Crippen molar-refractivity contribution in [2.24, 2.45) is 23.5 Å². The number of nitrogens with zero attached hydrogens (tertiary/aromatic N) is 2. The van der Waals surface area contributed by atoms with Crippen LogP contribution in [0.4, 0.5) is 13.6 Å². The zero-order valence-corrected chi connectivity index (χ0v) is 40.2. The number of nitrogens with two attached hydrogens (primary N) is 1. The van der Waals surface area contributed by atoms with Crippen molar-refractivity contribution in [1.82, 2.24) is 26.1 Å². The Kier molecular flexibility index (Phi) is 20.4. The van der Waals surface area contributed by atoms with Crippen LogP contribution in [0.15, 0.2) is 133 Å². The fourth-order valence-electron chi connectivity index (χ4n) is 7.38. The standard InChI is InChI=1S/C53H59ClF2N6O8/c1-34(2)46(58-49(64)45(48(57)63)29-37-11-7-5-8-12-37)50(65)60-61(31-39-19-26-43(56)27-20-39)32-44(28-21-36-17-24-42(55)25-18-36)62(70-52(67)41-22-15-38(30-54)16-23-41)51(66)47(35(3)4)59-53(68)69-33-40-13-9-6-10-14-40/h5-20,22-27,34-35,44-47H,21,28-33H2,1-4H3,(H2,57,63)(H,58,64)(H,59,68)(H,60,65)/t44-,45+,46-,47-/m0/s1. The predicted octanol–water partition coefficient (Wildman–Crippen LogP) is 7.57. The number of primary amides is 1.